The second-order valence-corrected chi connectivity index (χ2v) is 9.18. The predicted molar refractivity (Wildman–Crippen MR) is 108 cm³/mol. The van der Waals surface area contributed by atoms with Crippen LogP contribution in [0, 0.1) is 0 Å². The average molecular weight is 406 g/mol. The molecule has 6 nitrogen and oxygen atoms in total. The molecule has 0 spiro atoms. The summed E-state index contributed by atoms with van der Waals surface area (Å²) < 4.78 is 7.61. The van der Waals surface area contributed by atoms with E-state index < -0.39 is 0 Å². The van der Waals surface area contributed by atoms with Gasteiger partial charge in [-0.3, -0.25) is 0 Å². The number of hydrogen-bond donors (Lipinski definition) is 0. The lowest BCUT2D eigenvalue weighted by molar-refractivity contribution is 0.364. The Kier molecular flexibility index (Phi) is 5.91. The SMILES string of the molecule is CCCn1c(SC(C)c2nc(C(C)(C)C)no2)nnc1-c1ccc(Cl)cc1. The van der Waals surface area contributed by atoms with Gasteiger partial charge in [0.25, 0.3) is 0 Å². The molecule has 0 bridgehead atoms. The first kappa shape index (κ1) is 19.9. The highest BCUT2D eigenvalue weighted by molar-refractivity contribution is 7.99. The maximum absolute atomic E-state index is 6.01. The van der Waals surface area contributed by atoms with E-state index in [0.29, 0.717) is 16.7 Å². The Morgan fingerprint density at radius 1 is 1.19 bits per heavy atom. The highest BCUT2D eigenvalue weighted by Crippen LogP contribution is 2.35. The largest absolute Gasteiger partial charge is 0.338 e. The van der Waals surface area contributed by atoms with Crippen LogP contribution in [-0.4, -0.2) is 24.9 Å². The molecule has 0 saturated heterocycles. The predicted octanol–water partition coefficient (Wildman–Crippen LogP) is 5.54. The van der Waals surface area contributed by atoms with Gasteiger partial charge in [-0.2, -0.15) is 4.98 Å². The number of hydrogen-bond acceptors (Lipinski definition) is 6. The van der Waals surface area contributed by atoms with Crippen LogP contribution < -0.4 is 0 Å². The molecule has 1 unspecified atom stereocenters. The summed E-state index contributed by atoms with van der Waals surface area (Å²) in [6, 6.07) is 7.65. The van der Waals surface area contributed by atoms with Crippen LogP contribution in [0.1, 0.15) is 58.0 Å². The van der Waals surface area contributed by atoms with Gasteiger partial charge in [0.05, 0.1) is 5.25 Å². The Morgan fingerprint density at radius 3 is 2.48 bits per heavy atom. The van der Waals surface area contributed by atoms with Crippen LogP contribution in [0.5, 0.6) is 0 Å². The molecule has 0 aliphatic heterocycles. The third-order valence-corrected chi connectivity index (χ3v) is 5.33. The van der Waals surface area contributed by atoms with Gasteiger partial charge in [-0.1, -0.05) is 56.2 Å². The second-order valence-electron chi connectivity index (χ2n) is 7.43. The van der Waals surface area contributed by atoms with Gasteiger partial charge in [0, 0.05) is 22.5 Å². The van der Waals surface area contributed by atoms with Gasteiger partial charge in [0.2, 0.25) is 5.89 Å². The number of aromatic nitrogens is 5. The minimum absolute atomic E-state index is 0.0218. The van der Waals surface area contributed by atoms with Gasteiger partial charge in [-0.15, -0.1) is 10.2 Å². The zero-order valence-corrected chi connectivity index (χ0v) is 17.8. The standard InChI is InChI=1S/C19H24ClN5OS/c1-6-11-25-15(13-7-9-14(20)10-8-13)22-23-18(25)27-12(2)16-21-17(24-26-16)19(3,4)5/h7-10,12H,6,11H2,1-5H3. The molecular formula is C19H24ClN5OS. The lowest BCUT2D eigenvalue weighted by Gasteiger charge is -2.12. The lowest BCUT2D eigenvalue weighted by Crippen LogP contribution is -2.13. The molecule has 0 aliphatic carbocycles. The molecule has 27 heavy (non-hydrogen) atoms. The number of benzene rings is 1. The van der Waals surface area contributed by atoms with Crippen LogP contribution in [0.4, 0.5) is 0 Å². The zero-order chi connectivity index (χ0) is 19.6. The van der Waals surface area contributed by atoms with Crippen molar-refractivity contribution in [2.75, 3.05) is 0 Å². The number of rotatable bonds is 6. The molecule has 8 heteroatoms. The molecule has 0 N–H and O–H groups in total. The van der Waals surface area contributed by atoms with Crippen LogP contribution in [-0.2, 0) is 12.0 Å². The summed E-state index contributed by atoms with van der Waals surface area (Å²) in [5.74, 6) is 2.15. The molecule has 3 rings (SSSR count). The molecule has 0 aliphatic rings. The topological polar surface area (TPSA) is 69.6 Å². The van der Waals surface area contributed by atoms with E-state index >= 15 is 0 Å². The molecule has 1 aromatic carbocycles. The van der Waals surface area contributed by atoms with Crippen LogP contribution in [0.2, 0.25) is 5.02 Å². The monoisotopic (exact) mass is 405 g/mol. The highest BCUT2D eigenvalue weighted by Gasteiger charge is 2.25. The molecule has 0 fully saturated rings. The Morgan fingerprint density at radius 2 is 1.89 bits per heavy atom. The Hall–Kier alpha value is -1.86. The smallest absolute Gasteiger partial charge is 0.239 e. The van der Waals surface area contributed by atoms with Crippen molar-refractivity contribution in [1.82, 2.24) is 24.9 Å². The molecule has 2 heterocycles. The van der Waals surface area contributed by atoms with Gasteiger partial charge in [-0.25, -0.2) is 0 Å². The van der Waals surface area contributed by atoms with Gasteiger partial charge in [0.1, 0.15) is 0 Å². The van der Waals surface area contributed by atoms with E-state index in [9.17, 15) is 0 Å². The first-order valence-corrected chi connectivity index (χ1v) is 10.2. The maximum Gasteiger partial charge on any atom is 0.239 e. The third kappa shape index (κ3) is 4.52. The summed E-state index contributed by atoms with van der Waals surface area (Å²) in [6.07, 6.45) is 0.981. The molecule has 144 valence electrons. The normalized spacial score (nSPS) is 13.1. The summed E-state index contributed by atoms with van der Waals surface area (Å²) in [4.78, 5) is 4.56. The first-order chi connectivity index (χ1) is 12.8. The van der Waals surface area contributed by atoms with E-state index in [-0.39, 0.29) is 10.7 Å². The van der Waals surface area contributed by atoms with Crippen molar-refractivity contribution >= 4 is 23.4 Å². The summed E-state index contributed by atoms with van der Waals surface area (Å²) in [6.45, 7) is 11.2. The molecule has 3 aromatic rings. The maximum atomic E-state index is 6.01. The first-order valence-electron chi connectivity index (χ1n) is 8.99. The van der Waals surface area contributed by atoms with Crippen molar-refractivity contribution in [3.8, 4) is 11.4 Å². The fourth-order valence-corrected chi connectivity index (χ4v) is 3.56. The zero-order valence-electron chi connectivity index (χ0n) is 16.2. The summed E-state index contributed by atoms with van der Waals surface area (Å²) in [5, 5.41) is 14.5. The van der Waals surface area contributed by atoms with E-state index in [1.807, 2.05) is 31.2 Å². The second kappa shape index (κ2) is 8.02. The highest BCUT2D eigenvalue weighted by atomic mass is 35.5. The van der Waals surface area contributed by atoms with Crippen molar-refractivity contribution in [1.29, 1.82) is 0 Å². The Balaban J connectivity index is 1.86. The molecule has 0 saturated carbocycles. The van der Waals surface area contributed by atoms with Gasteiger partial charge >= 0.3 is 0 Å². The fraction of sp³-hybridized carbons (Fsp3) is 0.474. The minimum Gasteiger partial charge on any atom is -0.338 e. The number of nitrogens with zero attached hydrogens (tertiary/aromatic N) is 5. The number of thioether (sulfide) groups is 1. The van der Waals surface area contributed by atoms with E-state index in [0.717, 1.165) is 29.5 Å². The van der Waals surface area contributed by atoms with Crippen molar-refractivity contribution < 1.29 is 4.52 Å². The van der Waals surface area contributed by atoms with Crippen molar-refractivity contribution in [2.24, 2.45) is 0 Å². The van der Waals surface area contributed by atoms with Crippen LogP contribution >= 0.6 is 23.4 Å². The van der Waals surface area contributed by atoms with Crippen LogP contribution in [0.25, 0.3) is 11.4 Å². The minimum atomic E-state index is -0.143. The Labute approximate surface area is 168 Å². The Bertz CT molecular complexity index is 898. The summed E-state index contributed by atoms with van der Waals surface area (Å²) in [7, 11) is 0. The third-order valence-electron chi connectivity index (χ3n) is 4.01. The number of halogens is 1. The van der Waals surface area contributed by atoms with Gasteiger partial charge in [-0.05, 0) is 37.6 Å². The van der Waals surface area contributed by atoms with E-state index in [1.54, 1.807) is 11.8 Å². The van der Waals surface area contributed by atoms with Gasteiger partial charge < -0.3 is 9.09 Å². The lowest BCUT2D eigenvalue weighted by atomic mass is 9.96. The molecule has 1 atom stereocenters. The average Bonchev–Trinajstić information content (AvgIpc) is 3.24. The van der Waals surface area contributed by atoms with Crippen molar-refractivity contribution in [3.63, 3.8) is 0 Å². The molecule has 2 aromatic heterocycles. The van der Waals surface area contributed by atoms with Crippen LogP contribution in [0.15, 0.2) is 33.9 Å². The fourth-order valence-electron chi connectivity index (χ4n) is 2.53. The van der Waals surface area contributed by atoms with E-state index in [2.05, 4.69) is 52.6 Å². The summed E-state index contributed by atoms with van der Waals surface area (Å²) in [5.41, 5.74) is 0.850. The quantitative estimate of drug-likeness (QED) is 0.501. The van der Waals surface area contributed by atoms with Crippen LogP contribution in [0.3, 0.4) is 0 Å². The molecular weight excluding hydrogens is 382 g/mol. The molecule has 0 radical (unpaired) electrons. The van der Waals surface area contributed by atoms with Crippen molar-refractivity contribution in [2.45, 2.75) is 63.4 Å². The molecule has 0 amide bonds. The van der Waals surface area contributed by atoms with E-state index in [4.69, 9.17) is 16.1 Å². The summed E-state index contributed by atoms with van der Waals surface area (Å²) >= 11 is 7.58. The van der Waals surface area contributed by atoms with Gasteiger partial charge in [0.15, 0.2) is 16.8 Å². The van der Waals surface area contributed by atoms with E-state index in [1.165, 1.54) is 0 Å². The van der Waals surface area contributed by atoms with Crippen molar-refractivity contribution in [3.05, 3.63) is 41.0 Å².